The molecule has 1 N–H and O–H groups in total. The lowest BCUT2D eigenvalue weighted by molar-refractivity contribution is -0.119. The Morgan fingerprint density at radius 2 is 1.87 bits per heavy atom. The number of thiazole rings is 1. The fourth-order valence-corrected chi connectivity index (χ4v) is 5.28. The van der Waals surface area contributed by atoms with Crippen LogP contribution in [-0.4, -0.2) is 43.8 Å². The molecule has 5 rings (SSSR count). The summed E-state index contributed by atoms with van der Waals surface area (Å²) in [5, 5.41) is 4.95. The van der Waals surface area contributed by atoms with Crippen LogP contribution in [0.15, 0.2) is 72.4 Å². The summed E-state index contributed by atoms with van der Waals surface area (Å²) in [6.07, 6.45) is 3.97. The summed E-state index contributed by atoms with van der Waals surface area (Å²) in [4.78, 5) is 32.8. The molecule has 1 saturated heterocycles. The quantitative estimate of drug-likeness (QED) is 0.522. The van der Waals surface area contributed by atoms with Gasteiger partial charge in [0.15, 0.2) is 4.96 Å². The number of carbonyl (C=O) groups is 2. The van der Waals surface area contributed by atoms with E-state index in [1.165, 1.54) is 0 Å². The van der Waals surface area contributed by atoms with Crippen LogP contribution < -0.4 is 5.32 Å². The Balaban J connectivity index is 1.28. The van der Waals surface area contributed by atoms with Gasteiger partial charge in [-0.1, -0.05) is 30.3 Å². The first-order valence-electron chi connectivity index (χ1n) is 9.46. The molecule has 4 aromatic rings. The van der Waals surface area contributed by atoms with E-state index in [9.17, 15) is 9.59 Å². The van der Waals surface area contributed by atoms with Crippen LogP contribution in [0.4, 0.5) is 5.69 Å². The molecule has 1 fully saturated rings. The Morgan fingerprint density at radius 3 is 2.63 bits per heavy atom. The second-order valence-corrected chi connectivity index (χ2v) is 8.82. The number of carbonyl (C=O) groups excluding carboxylic acids is 2. The van der Waals surface area contributed by atoms with Crippen LogP contribution in [-0.2, 0) is 4.79 Å². The molecule has 0 spiro atoms. The molecule has 30 heavy (non-hydrogen) atoms. The van der Waals surface area contributed by atoms with Crippen molar-refractivity contribution in [3.63, 3.8) is 0 Å². The zero-order valence-electron chi connectivity index (χ0n) is 15.9. The van der Waals surface area contributed by atoms with Gasteiger partial charge in [-0.15, -0.1) is 23.1 Å². The summed E-state index contributed by atoms with van der Waals surface area (Å²) in [6, 6.07) is 16.2. The average molecular weight is 435 g/mol. The van der Waals surface area contributed by atoms with Crippen LogP contribution in [0.5, 0.6) is 0 Å². The molecule has 150 valence electrons. The molecule has 1 aliphatic rings. The molecule has 0 radical (unpaired) electrons. The topological polar surface area (TPSA) is 66.7 Å². The highest BCUT2D eigenvalue weighted by Crippen LogP contribution is 2.26. The van der Waals surface area contributed by atoms with Crippen LogP contribution in [0.25, 0.3) is 16.2 Å². The molecular formula is C22H18N4O2S2. The summed E-state index contributed by atoms with van der Waals surface area (Å²) in [5.41, 5.74) is 3.18. The molecule has 2 aromatic heterocycles. The molecule has 1 unspecified atom stereocenters. The smallest absolute Gasteiger partial charge is 0.255 e. The summed E-state index contributed by atoms with van der Waals surface area (Å²) in [7, 11) is 0. The number of aromatic nitrogens is 2. The second kappa shape index (κ2) is 7.97. The minimum atomic E-state index is -0.484. The normalized spacial score (nSPS) is 16.1. The molecule has 2 aromatic carbocycles. The maximum absolute atomic E-state index is 12.9. The van der Waals surface area contributed by atoms with Crippen LogP contribution in [0.1, 0.15) is 10.4 Å². The van der Waals surface area contributed by atoms with Crippen molar-refractivity contribution in [3.05, 3.63) is 77.9 Å². The van der Waals surface area contributed by atoms with Gasteiger partial charge in [0.2, 0.25) is 5.91 Å². The van der Waals surface area contributed by atoms with E-state index in [0.717, 1.165) is 16.2 Å². The number of nitrogens with one attached hydrogen (secondary N) is 1. The average Bonchev–Trinajstić information content (AvgIpc) is 3.50. The lowest BCUT2D eigenvalue weighted by atomic mass is 10.1. The van der Waals surface area contributed by atoms with Crippen molar-refractivity contribution in [2.45, 2.75) is 6.04 Å². The van der Waals surface area contributed by atoms with Gasteiger partial charge in [0.1, 0.15) is 6.04 Å². The maximum Gasteiger partial charge on any atom is 0.255 e. The third-order valence-corrected chi connectivity index (χ3v) is 6.79. The molecule has 2 amide bonds. The van der Waals surface area contributed by atoms with Crippen molar-refractivity contribution in [3.8, 4) is 11.3 Å². The van der Waals surface area contributed by atoms with E-state index in [0.29, 0.717) is 22.9 Å². The molecule has 0 saturated carbocycles. The zero-order valence-corrected chi connectivity index (χ0v) is 17.5. The lowest BCUT2D eigenvalue weighted by Crippen LogP contribution is -2.44. The molecule has 3 heterocycles. The van der Waals surface area contributed by atoms with E-state index in [-0.39, 0.29) is 11.8 Å². The predicted octanol–water partition coefficient (Wildman–Crippen LogP) is 4.22. The van der Waals surface area contributed by atoms with Crippen molar-refractivity contribution in [2.24, 2.45) is 0 Å². The van der Waals surface area contributed by atoms with E-state index in [4.69, 9.17) is 0 Å². The number of benzene rings is 2. The maximum atomic E-state index is 12.9. The largest absolute Gasteiger partial charge is 0.324 e. The lowest BCUT2D eigenvalue weighted by Gasteiger charge is -2.23. The Hall–Kier alpha value is -3.10. The Bertz CT molecular complexity index is 1170. The second-order valence-electron chi connectivity index (χ2n) is 6.94. The first-order chi connectivity index (χ1) is 14.7. The van der Waals surface area contributed by atoms with Gasteiger partial charge in [-0.05, 0) is 24.3 Å². The van der Waals surface area contributed by atoms with Crippen LogP contribution in [0.2, 0.25) is 0 Å². The molecule has 6 nitrogen and oxygen atoms in total. The molecule has 1 aliphatic heterocycles. The van der Waals surface area contributed by atoms with Crippen molar-refractivity contribution in [1.82, 2.24) is 14.3 Å². The highest BCUT2D eigenvalue weighted by atomic mass is 32.2. The summed E-state index contributed by atoms with van der Waals surface area (Å²) >= 11 is 3.18. The zero-order chi connectivity index (χ0) is 20.5. The van der Waals surface area contributed by atoms with Gasteiger partial charge < -0.3 is 10.2 Å². The third-order valence-electron chi connectivity index (χ3n) is 5.01. The van der Waals surface area contributed by atoms with Crippen LogP contribution in [0.3, 0.4) is 0 Å². The highest BCUT2D eigenvalue weighted by molar-refractivity contribution is 7.99. The van der Waals surface area contributed by atoms with Crippen LogP contribution in [0, 0.1) is 0 Å². The van der Waals surface area contributed by atoms with Gasteiger partial charge in [0, 0.05) is 40.3 Å². The monoisotopic (exact) mass is 434 g/mol. The number of fused-ring (bicyclic) bond motifs is 1. The Labute approximate surface area is 181 Å². The van der Waals surface area contributed by atoms with Crippen molar-refractivity contribution >= 4 is 45.6 Å². The number of imidazole rings is 1. The van der Waals surface area contributed by atoms with Gasteiger partial charge in [-0.25, -0.2) is 4.98 Å². The minimum Gasteiger partial charge on any atom is -0.324 e. The highest BCUT2D eigenvalue weighted by Gasteiger charge is 2.35. The molecule has 8 heteroatoms. The SMILES string of the molecule is O=C(Nc1ccc(-c2cn3ccsc3n2)cc1)C1CSCN1C(=O)c1ccccc1. The van der Waals surface area contributed by atoms with E-state index in [2.05, 4.69) is 10.3 Å². The number of thioether (sulfide) groups is 1. The first-order valence-corrected chi connectivity index (χ1v) is 11.5. The molecule has 1 atom stereocenters. The van der Waals surface area contributed by atoms with Gasteiger partial charge in [-0.2, -0.15) is 0 Å². The van der Waals surface area contributed by atoms with Crippen molar-refractivity contribution in [1.29, 1.82) is 0 Å². The molecular weight excluding hydrogens is 416 g/mol. The number of hydrogen-bond acceptors (Lipinski definition) is 5. The minimum absolute atomic E-state index is 0.115. The standard InChI is InChI=1S/C22H18N4O2S2/c27-20(19-13-29-14-26(19)21(28)16-4-2-1-3-5-16)23-17-8-6-15(7-9-17)18-12-25-10-11-30-22(25)24-18/h1-12,19H,13-14H2,(H,23,27). The number of hydrogen-bond donors (Lipinski definition) is 1. The number of rotatable bonds is 4. The number of nitrogens with zero attached hydrogens (tertiary/aromatic N) is 3. The van der Waals surface area contributed by atoms with Gasteiger partial charge in [0.25, 0.3) is 5.91 Å². The third kappa shape index (κ3) is 3.59. The fourth-order valence-electron chi connectivity index (χ4n) is 3.42. The van der Waals surface area contributed by atoms with Gasteiger partial charge >= 0.3 is 0 Å². The first kappa shape index (κ1) is 18.9. The number of amides is 2. The van der Waals surface area contributed by atoms with E-state index < -0.39 is 6.04 Å². The predicted molar refractivity (Wildman–Crippen MR) is 121 cm³/mol. The van der Waals surface area contributed by atoms with Gasteiger partial charge in [0.05, 0.1) is 11.6 Å². The van der Waals surface area contributed by atoms with Gasteiger partial charge in [-0.3, -0.25) is 14.0 Å². The summed E-state index contributed by atoms with van der Waals surface area (Å²) in [5.74, 6) is 0.825. The summed E-state index contributed by atoms with van der Waals surface area (Å²) in [6.45, 7) is 0. The fraction of sp³-hybridized carbons (Fsp3) is 0.136. The molecule has 0 bridgehead atoms. The van der Waals surface area contributed by atoms with E-state index in [1.807, 2.05) is 64.6 Å². The van der Waals surface area contributed by atoms with E-state index in [1.54, 1.807) is 40.1 Å². The number of anilines is 1. The van der Waals surface area contributed by atoms with Crippen molar-refractivity contribution in [2.75, 3.05) is 16.9 Å². The summed E-state index contributed by atoms with van der Waals surface area (Å²) < 4.78 is 1.99. The van der Waals surface area contributed by atoms with Crippen molar-refractivity contribution < 1.29 is 9.59 Å². The molecule has 0 aliphatic carbocycles. The van der Waals surface area contributed by atoms with E-state index >= 15 is 0 Å². The Morgan fingerprint density at radius 1 is 1.07 bits per heavy atom. The van der Waals surface area contributed by atoms with Crippen LogP contribution >= 0.6 is 23.1 Å². The Kier molecular flexibility index (Phi) is 5.02.